The van der Waals surface area contributed by atoms with Gasteiger partial charge in [0.2, 0.25) is 0 Å². The summed E-state index contributed by atoms with van der Waals surface area (Å²) >= 11 is 0. The van der Waals surface area contributed by atoms with E-state index in [2.05, 4.69) is 5.16 Å². The Kier molecular flexibility index (Phi) is 5.75. The molecule has 0 bridgehead atoms. The lowest BCUT2D eigenvalue weighted by Crippen LogP contribution is -2.07. The predicted molar refractivity (Wildman–Crippen MR) is 111 cm³/mol. The van der Waals surface area contributed by atoms with Gasteiger partial charge in [0.15, 0.2) is 5.76 Å². The maximum absolute atomic E-state index is 12.6. The summed E-state index contributed by atoms with van der Waals surface area (Å²) in [6, 6.07) is 25.3. The van der Waals surface area contributed by atoms with Crippen molar-refractivity contribution in [3.05, 3.63) is 96.2 Å². The fourth-order valence-corrected chi connectivity index (χ4v) is 2.83. The summed E-state index contributed by atoms with van der Waals surface area (Å²) in [6.07, 6.45) is 0. The van der Waals surface area contributed by atoms with E-state index in [9.17, 15) is 4.79 Å². The van der Waals surface area contributed by atoms with E-state index in [-0.39, 0.29) is 6.61 Å². The number of carbonyl (C=O) groups is 1. The Hall–Kier alpha value is -4.06. The molecule has 1 heterocycles. The Bertz CT molecular complexity index is 1120. The van der Waals surface area contributed by atoms with Crippen LogP contribution in [0, 0.1) is 0 Å². The third-order valence-electron chi connectivity index (χ3n) is 4.36. The van der Waals surface area contributed by atoms with Crippen molar-refractivity contribution in [1.29, 1.82) is 0 Å². The average molecular weight is 401 g/mol. The molecule has 6 nitrogen and oxygen atoms in total. The highest BCUT2D eigenvalue weighted by Gasteiger charge is 2.16. The number of benzene rings is 3. The zero-order chi connectivity index (χ0) is 20.8. The minimum atomic E-state index is -0.504. The Balaban J connectivity index is 1.42. The molecule has 1 aromatic heterocycles. The van der Waals surface area contributed by atoms with Crippen LogP contribution in [0.5, 0.6) is 17.2 Å². The van der Waals surface area contributed by atoms with Crippen LogP contribution in [0.25, 0.3) is 11.3 Å². The van der Waals surface area contributed by atoms with Gasteiger partial charge in [0.25, 0.3) is 0 Å². The van der Waals surface area contributed by atoms with E-state index in [1.165, 1.54) is 0 Å². The van der Waals surface area contributed by atoms with Crippen LogP contribution in [-0.2, 0) is 11.3 Å². The quantitative estimate of drug-likeness (QED) is 0.381. The fraction of sp³-hybridized carbons (Fsp3) is 0.0833. The minimum absolute atomic E-state index is 0.0157. The summed E-state index contributed by atoms with van der Waals surface area (Å²) in [6.45, 7) is -0.0157. The molecular weight excluding hydrogens is 382 g/mol. The highest BCUT2D eigenvalue weighted by molar-refractivity contribution is 5.92. The van der Waals surface area contributed by atoms with Gasteiger partial charge < -0.3 is 18.7 Å². The standard InChI is InChI=1S/C24H19NO5/c1-27-19-13-11-17(12-14-19)23-15-18(25-30-23)16-28-24(26)21-9-5-6-10-22(21)29-20-7-3-2-4-8-20/h2-15H,16H2,1H3. The second-order valence-corrected chi connectivity index (χ2v) is 6.40. The first-order chi connectivity index (χ1) is 14.7. The van der Waals surface area contributed by atoms with Crippen molar-refractivity contribution >= 4 is 5.97 Å². The molecule has 0 aliphatic rings. The first-order valence-electron chi connectivity index (χ1n) is 9.32. The summed E-state index contributed by atoms with van der Waals surface area (Å²) < 4.78 is 21.7. The van der Waals surface area contributed by atoms with E-state index in [1.807, 2.05) is 54.6 Å². The largest absolute Gasteiger partial charge is 0.497 e. The first kappa shape index (κ1) is 19.3. The van der Waals surface area contributed by atoms with E-state index in [0.29, 0.717) is 28.5 Å². The van der Waals surface area contributed by atoms with Gasteiger partial charge >= 0.3 is 5.97 Å². The smallest absolute Gasteiger partial charge is 0.342 e. The highest BCUT2D eigenvalue weighted by Crippen LogP contribution is 2.26. The first-order valence-corrected chi connectivity index (χ1v) is 9.32. The molecule has 0 aliphatic heterocycles. The Morgan fingerprint density at radius 2 is 1.63 bits per heavy atom. The topological polar surface area (TPSA) is 70.8 Å². The number of para-hydroxylation sites is 2. The third-order valence-corrected chi connectivity index (χ3v) is 4.36. The number of ether oxygens (including phenoxy) is 3. The van der Waals surface area contributed by atoms with Crippen LogP contribution < -0.4 is 9.47 Å². The number of esters is 1. The van der Waals surface area contributed by atoms with Gasteiger partial charge in [-0.15, -0.1) is 0 Å². The normalized spacial score (nSPS) is 10.4. The lowest BCUT2D eigenvalue weighted by Gasteiger charge is -2.10. The number of hydrogen-bond acceptors (Lipinski definition) is 6. The van der Waals surface area contributed by atoms with Gasteiger partial charge in [-0.25, -0.2) is 4.79 Å². The Morgan fingerprint density at radius 1 is 0.900 bits per heavy atom. The van der Waals surface area contributed by atoms with Crippen molar-refractivity contribution in [2.24, 2.45) is 0 Å². The lowest BCUT2D eigenvalue weighted by atomic mass is 10.1. The lowest BCUT2D eigenvalue weighted by molar-refractivity contribution is 0.0461. The zero-order valence-corrected chi connectivity index (χ0v) is 16.3. The van der Waals surface area contributed by atoms with Crippen molar-refractivity contribution in [3.8, 4) is 28.6 Å². The average Bonchev–Trinajstić information content (AvgIpc) is 3.28. The molecule has 6 heteroatoms. The van der Waals surface area contributed by atoms with Gasteiger partial charge in [0.05, 0.1) is 7.11 Å². The summed E-state index contributed by atoms with van der Waals surface area (Å²) in [5, 5.41) is 3.98. The molecule has 0 N–H and O–H groups in total. The van der Waals surface area contributed by atoms with Crippen LogP contribution in [0.3, 0.4) is 0 Å². The molecule has 0 fully saturated rings. The number of aromatic nitrogens is 1. The fourth-order valence-electron chi connectivity index (χ4n) is 2.83. The Labute approximate surface area is 173 Å². The van der Waals surface area contributed by atoms with Gasteiger partial charge in [-0.05, 0) is 48.5 Å². The van der Waals surface area contributed by atoms with Crippen molar-refractivity contribution in [2.75, 3.05) is 7.11 Å². The van der Waals surface area contributed by atoms with Gasteiger partial charge in [-0.1, -0.05) is 35.5 Å². The number of carbonyl (C=O) groups excluding carboxylic acids is 1. The van der Waals surface area contributed by atoms with Crippen molar-refractivity contribution < 1.29 is 23.5 Å². The second kappa shape index (κ2) is 8.96. The molecule has 0 saturated carbocycles. The number of rotatable bonds is 7. The van der Waals surface area contributed by atoms with Crippen LogP contribution in [-0.4, -0.2) is 18.2 Å². The second-order valence-electron chi connectivity index (χ2n) is 6.40. The predicted octanol–water partition coefficient (Wildman–Crippen LogP) is 5.50. The van der Waals surface area contributed by atoms with Gasteiger partial charge in [0.1, 0.15) is 35.1 Å². The number of hydrogen-bond donors (Lipinski definition) is 0. The van der Waals surface area contributed by atoms with Crippen molar-refractivity contribution in [2.45, 2.75) is 6.61 Å². The van der Waals surface area contributed by atoms with E-state index >= 15 is 0 Å². The van der Waals surface area contributed by atoms with Crippen LogP contribution in [0.15, 0.2) is 89.5 Å². The summed E-state index contributed by atoms with van der Waals surface area (Å²) in [4.78, 5) is 12.6. The van der Waals surface area contributed by atoms with Crippen LogP contribution in [0.1, 0.15) is 16.1 Å². The van der Waals surface area contributed by atoms with E-state index in [0.717, 1.165) is 11.3 Å². The SMILES string of the molecule is COc1ccc(-c2cc(COC(=O)c3ccccc3Oc3ccccc3)no2)cc1. The molecular formula is C24H19NO5. The maximum Gasteiger partial charge on any atom is 0.342 e. The molecule has 0 spiro atoms. The monoisotopic (exact) mass is 401 g/mol. The molecule has 0 radical (unpaired) electrons. The van der Waals surface area contributed by atoms with Gasteiger partial charge in [0, 0.05) is 11.6 Å². The molecule has 0 aliphatic carbocycles. The molecule has 4 rings (SSSR count). The highest BCUT2D eigenvalue weighted by atomic mass is 16.5. The van der Waals surface area contributed by atoms with E-state index in [1.54, 1.807) is 37.4 Å². The maximum atomic E-state index is 12.6. The number of methoxy groups -OCH3 is 1. The molecule has 3 aromatic carbocycles. The number of nitrogens with zero attached hydrogens (tertiary/aromatic N) is 1. The Morgan fingerprint density at radius 3 is 2.40 bits per heavy atom. The van der Waals surface area contributed by atoms with Crippen molar-refractivity contribution in [3.63, 3.8) is 0 Å². The summed E-state index contributed by atoms with van der Waals surface area (Å²) in [7, 11) is 1.61. The minimum Gasteiger partial charge on any atom is -0.497 e. The summed E-state index contributed by atoms with van der Waals surface area (Å²) in [5.74, 6) is 1.89. The molecule has 0 unspecified atom stereocenters. The molecule has 0 amide bonds. The summed E-state index contributed by atoms with van der Waals surface area (Å²) in [5.41, 5.74) is 1.69. The van der Waals surface area contributed by atoms with Crippen LogP contribution >= 0.6 is 0 Å². The van der Waals surface area contributed by atoms with Crippen LogP contribution in [0.2, 0.25) is 0 Å². The van der Waals surface area contributed by atoms with Crippen molar-refractivity contribution in [1.82, 2.24) is 5.16 Å². The zero-order valence-electron chi connectivity index (χ0n) is 16.3. The van der Waals surface area contributed by atoms with Crippen LogP contribution in [0.4, 0.5) is 0 Å². The molecule has 4 aromatic rings. The van der Waals surface area contributed by atoms with Gasteiger partial charge in [-0.3, -0.25) is 0 Å². The molecule has 0 saturated heterocycles. The third kappa shape index (κ3) is 4.50. The van der Waals surface area contributed by atoms with Gasteiger partial charge in [-0.2, -0.15) is 0 Å². The van der Waals surface area contributed by atoms with E-state index in [4.69, 9.17) is 18.7 Å². The molecule has 150 valence electrons. The molecule has 0 atom stereocenters. The van der Waals surface area contributed by atoms with E-state index < -0.39 is 5.97 Å². The molecule has 30 heavy (non-hydrogen) atoms.